The van der Waals surface area contributed by atoms with Crippen LogP contribution in [-0.4, -0.2) is 0 Å². The Hall–Kier alpha value is -8.20. The summed E-state index contributed by atoms with van der Waals surface area (Å²) in [5.41, 5.74) is 21.2. The first-order chi connectivity index (χ1) is 32.5. The molecule has 0 radical (unpaired) electrons. The largest absolute Gasteiger partial charge is 0.310 e. The van der Waals surface area contributed by atoms with Crippen molar-refractivity contribution in [2.45, 2.75) is 24.7 Å². The average molecular weight is 845 g/mol. The fraction of sp³-hybridized carbons (Fsp3) is 0.0625. The number of rotatable bonds is 8. The number of hydrogen-bond donors (Lipinski definition) is 0. The molecule has 0 N–H and O–H groups in total. The molecule has 0 atom stereocenters. The van der Waals surface area contributed by atoms with Gasteiger partial charge in [-0.2, -0.15) is 0 Å². The van der Waals surface area contributed by atoms with Crippen molar-refractivity contribution in [3.05, 3.63) is 288 Å². The van der Waals surface area contributed by atoms with Crippen molar-refractivity contribution >= 4 is 34.1 Å². The van der Waals surface area contributed by atoms with Crippen LogP contribution in [0.4, 0.5) is 34.1 Å². The van der Waals surface area contributed by atoms with Gasteiger partial charge < -0.3 is 9.80 Å². The molecule has 66 heavy (non-hydrogen) atoms. The van der Waals surface area contributed by atoms with Gasteiger partial charge in [-0.15, -0.1) is 0 Å². The molecule has 1 aliphatic carbocycles. The van der Waals surface area contributed by atoms with Crippen molar-refractivity contribution in [3.63, 3.8) is 0 Å². The van der Waals surface area contributed by atoms with E-state index in [-0.39, 0.29) is 5.41 Å². The first-order valence-corrected chi connectivity index (χ1v) is 23.0. The van der Waals surface area contributed by atoms with Crippen LogP contribution < -0.4 is 9.80 Å². The van der Waals surface area contributed by atoms with Crippen molar-refractivity contribution in [3.8, 4) is 33.4 Å². The second kappa shape index (κ2) is 15.8. The normalized spacial score (nSPS) is 13.8. The minimum atomic E-state index is -0.506. The lowest BCUT2D eigenvalue weighted by Crippen LogP contribution is -2.30. The maximum absolute atomic E-state index is 2.45. The number of fused-ring (bicyclic) bond motifs is 5. The molecule has 0 spiro atoms. The van der Waals surface area contributed by atoms with Gasteiger partial charge in [0, 0.05) is 28.2 Å². The van der Waals surface area contributed by atoms with E-state index >= 15 is 0 Å². The lowest BCUT2D eigenvalue weighted by atomic mass is 9.67. The Balaban J connectivity index is 1.000. The van der Waals surface area contributed by atoms with E-state index < -0.39 is 5.41 Å². The molecule has 0 saturated heterocycles. The molecule has 0 unspecified atom stereocenters. The van der Waals surface area contributed by atoms with E-state index in [0.717, 1.165) is 22.7 Å². The first-order valence-electron chi connectivity index (χ1n) is 23.0. The van der Waals surface area contributed by atoms with Crippen LogP contribution >= 0.6 is 0 Å². The molecule has 1 heterocycles. The second-order valence-electron chi connectivity index (χ2n) is 18.1. The summed E-state index contributed by atoms with van der Waals surface area (Å²) in [7, 11) is 0. The molecule has 0 amide bonds. The van der Waals surface area contributed by atoms with Gasteiger partial charge in [-0.3, -0.25) is 0 Å². The van der Waals surface area contributed by atoms with E-state index in [1.54, 1.807) is 0 Å². The van der Waals surface area contributed by atoms with E-state index in [4.69, 9.17) is 0 Å². The number of nitrogens with zero attached hydrogens (tertiary/aromatic N) is 2. The predicted octanol–water partition coefficient (Wildman–Crippen LogP) is 17.0. The summed E-state index contributed by atoms with van der Waals surface area (Å²) in [4.78, 5) is 4.84. The second-order valence-corrected chi connectivity index (χ2v) is 18.1. The predicted molar refractivity (Wildman–Crippen MR) is 276 cm³/mol. The van der Waals surface area contributed by atoms with Crippen LogP contribution in [0.5, 0.6) is 0 Å². The Kier molecular flexibility index (Phi) is 9.43. The maximum atomic E-state index is 2.45. The summed E-state index contributed by atoms with van der Waals surface area (Å²) in [5.74, 6) is 0. The van der Waals surface area contributed by atoms with Gasteiger partial charge in [0.2, 0.25) is 0 Å². The highest BCUT2D eigenvalue weighted by Gasteiger charge is 2.46. The zero-order valence-corrected chi connectivity index (χ0v) is 37.1. The fourth-order valence-electron chi connectivity index (χ4n) is 11.0. The van der Waals surface area contributed by atoms with Crippen molar-refractivity contribution in [1.82, 2.24) is 0 Å². The van der Waals surface area contributed by atoms with Crippen molar-refractivity contribution in [2.75, 3.05) is 9.80 Å². The molecule has 0 saturated carbocycles. The third kappa shape index (κ3) is 6.25. The average Bonchev–Trinajstić information content (AvgIpc) is 3.68. The molecule has 0 aromatic heterocycles. The van der Waals surface area contributed by atoms with Gasteiger partial charge in [-0.1, -0.05) is 202 Å². The Labute approximate surface area is 388 Å². The summed E-state index contributed by atoms with van der Waals surface area (Å²) in [6.07, 6.45) is 0. The van der Waals surface area contributed by atoms with Gasteiger partial charge >= 0.3 is 0 Å². The van der Waals surface area contributed by atoms with Crippen LogP contribution in [0.1, 0.15) is 47.2 Å². The summed E-state index contributed by atoms with van der Waals surface area (Å²) in [6.45, 7) is 4.72. The fourth-order valence-corrected chi connectivity index (χ4v) is 11.0. The third-order valence-electron chi connectivity index (χ3n) is 14.1. The monoisotopic (exact) mass is 844 g/mol. The van der Waals surface area contributed by atoms with Crippen LogP contribution in [0.2, 0.25) is 0 Å². The Morgan fingerprint density at radius 3 is 1.41 bits per heavy atom. The number of benzene rings is 10. The molecule has 0 fully saturated rings. The quantitative estimate of drug-likeness (QED) is 0.150. The van der Waals surface area contributed by atoms with Gasteiger partial charge in [-0.25, -0.2) is 0 Å². The number of anilines is 6. The molecule has 2 aliphatic rings. The van der Waals surface area contributed by atoms with Crippen molar-refractivity contribution in [1.29, 1.82) is 0 Å². The van der Waals surface area contributed by atoms with Gasteiger partial charge in [0.15, 0.2) is 0 Å². The summed E-state index contributed by atoms with van der Waals surface area (Å²) < 4.78 is 0. The van der Waals surface area contributed by atoms with Crippen molar-refractivity contribution in [2.24, 2.45) is 0 Å². The van der Waals surface area contributed by atoms with Gasteiger partial charge in [0.25, 0.3) is 0 Å². The van der Waals surface area contributed by atoms with Crippen LogP contribution in [0.3, 0.4) is 0 Å². The van der Waals surface area contributed by atoms with Crippen LogP contribution in [0, 0.1) is 0 Å². The molecule has 12 rings (SSSR count). The van der Waals surface area contributed by atoms with Gasteiger partial charge in [0.05, 0.1) is 16.8 Å². The first kappa shape index (κ1) is 39.4. The minimum absolute atomic E-state index is 0.197. The molecular weight excluding hydrogens is 797 g/mol. The highest BCUT2D eigenvalue weighted by atomic mass is 15.2. The van der Waals surface area contributed by atoms with Gasteiger partial charge in [0.1, 0.15) is 0 Å². The molecule has 0 bridgehead atoms. The molecule has 314 valence electrons. The lowest BCUT2D eigenvalue weighted by molar-refractivity contribution is 0.632. The van der Waals surface area contributed by atoms with E-state index in [9.17, 15) is 0 Å². The lowest BCUT2D eigenvalue weighted by Gasteiger charge is -2.42. The SMILES string of the molecule is CC1(C)c2ccccc2N(c2ccccc2)c2ccc(-c3ccc(N(c4ccc(-c5ccccc5)cc4)c4ccc5c(c4)C(c4ccccc4)(c4ccccc4)c4ccccc4-5)cc3)cc21. The smallest absolute Gasteiger partial charge is 0.0714 e. The van der Waals surface area contributed by atoms with Crippen molar-refractivity contribution < 1.29 is 0 Å². The van der Waals surface area contributed by atoms with Gasteiger partial charge in [-0.05, 0) is 133 Å². The molecule has 2 nitrogen and oxygen atoms in total. The third-order valence-corrected chi connectivity index (χ3v) is 14.1. The highest BCUT2D eigenvalue weighted by Crippen LogP contribution is 2.58. The zero-order valence-electron chi connectivity index (χ0n) is 37.1. The van der Waals surface area contributed by atoms with E-state index in [0.29, 0.717) is 0 Å². The minimum Gasteiger partial charge on any atom is -0.310 e. The molecular formula is C64H48N2. The van der Waals surface area contributed by atoms with Crippen LogP contribution in [0.15, 0.2) is 255 Å². The Morgan fingerprint density at radius 1 is 0.318 bits per heavy atom. The zero-order chi connectivity index (χ0) is 44.2. The summed E-state index contributed by atoms with van der Waals surface area (Å²) in [6, 6.07) is 93.7. The molecule has 10 aromatic carbocycles. The van der Waals surface area contributed by atoms with E-state index in [1.807, 2.05) is 0 Å². The van der Waals surface area contributed by atoms with E-state index in [2.05, 4.69) is 278 Å². The summed E-state index contributed by atoms with van der Waals surface area (Å²) >= 11 is 0. The maximum Gasteiger partial charge on any atom is 0.0714 e. The van der Waals surface area contributed by atoms with E-state index in [1.165, 1.54) is 78.1 Å². The van der Waals surface area contributed by atoms with Crippen LogP contribution in [-0.2, 0) is 10.8 Å². The molecule has 10 aromatic rings. The standard InChI is InChI=1S/C64H48N2/c1-63(2)58-29-17-18-30-61(58)66(51-25-13-6-14-26-51)62-42-35-48(43-60(62)63)47-33-38-53(39-34-47)65(52-36-31-46(32-37-52)45-19-7-3-8-20-45)54-40-41-56-55-27-15-16-28-57(55)64(59(56)44-54,49-21-9-4-10-22-49)50-23-11-5-12-24-50/h3-44H,1-2H3. The highest BCUT2D eigenvalue weighted by molar-refractivity contribution is 5.91. The molecule has 2 heteroatoms. The Bertz CT molecular complexity index is 3320. The number of hydrogen-bond acceptors (Lipinski definition) is 2. The Morgan fingerprint density at radius 2 is 0.773 bits per heavy atom. The summed E-state index contributed by atoms with van der Waals surface area (Å²) in [5, 5.41) is 0. The molecule has 1 aliphatic heterocycles. The topological polar surface area (TPSA) is 6.48 Å². The van der Waals surface area contributed by atoms with Crippen LogP contribution in [0.25, 0.3) is 33.4 Å². The number of para-hydroxylation sites is 2.